The lowest BCUT2D eigenvalue weighted by molar-refractivity contribution is 0.0910. The largest absolute Gasteiger partial charge is 0.387 e. The Morgan fingerprint density at radius 2 is 2.05 bits per heavy atom. The Hall–Kier alpha value is -2.73. The van der Waals surface area contributed by atoms with Crippen molar-refractivity contribution in [3.05, 3.63) is 71.9 Å². The first kappa shape index (κ1) is 14.2. The molecule has 0 bridgehead atoms. The van der Waals surface area contributed by atoms with Crippen LogP contribution in [0.15, 0.2) is 54.9 Å². The van der Waals surface area contributed by atoms with Gasteiger partial charge in [-0.1, -0.05) is 18.2 Å². The molecule has 0 radical (unpaired) electrons. The van der Waals surface area contributed by atoms with Gasteiger partial charge in [0, 0.05) is 12.7 Å². The van der Waals surface area contributed by atoms with Crippen molar-refractivity contribution in [3.8, 4) is 0 Å². The number of fused-ring (bicyclic) bond motifs is 1. The zero-order valence-corrected chi connectivity index (χ0v) is 11.6. The Morgan fingerprint density at radius 3 is 2.82 bits per heavy atom. The van der Waals surface area contributed by atoms with Crippen molar-refractivity contribution in [2.24, 2.45) is 0 Å². The van der Waals surface area contributed by atoms with Crippen LogP contribution in [0.1, 0.15) is 22.2 Å². The Balaban J connectivity index is 1.68. The Kier molecular flexibility index (Phi) is 3.84. The smallest absolute Gasteiger partial charge is 0.270 e. The van der Waals surface area contributed by atoms with Gasteiger partial charge >= 0.3 is 0 Å². The first-order valence-electron chi connectivity index (χ1n) is 6.79. The molecule has 3 aromatic rings. The molecular formula is C16H14FN3O2. The predicted octanol–water partition coefficient (Wildman–Crippen LogP) is 1.94. The van der Waals surface area contributed by atoms with E-state index < -0.39 is 6.10 Å². The molecule has 5 nitrogen and oxygen atoms in total. The second-order valence-corrected chi connectivity index (χ2v) is 4.85. The number of aromatic nitrogens is 2. The monoisotopic (exact) mass is 299 g/mol. The number of benzene rings is 1. The number of carbonyl (C=O) groups is 1. The van der Waals surface area contributed by atoms with E-state index in [2.05, 4.69) is 10.3 Å². The van der Waals surface area contributed by atoms with E-state index >= 15 is 0 Å². The zero-order valence-electron chi connectivity index (χ0n) is 11.6. The van der Waals surface area contributed by atoms with Gasteiger partial charge in [-0.2, -0.15) is 0 Å². The summed E-state index contributed by atoms with van der Waals surface area (Å²) in [5.41, 5.74) is 1.61. The van der Waals surface area contributed by atoms with E-state index in [1.165, 1.54) is 30.5 Å². The number of nitrogens with one attached hydrogen (secondary N) is 1. The highest BCUT2D eigenvalue weighted by Gasteiger charge is 2.14. The second-order valence-electron chi connectivity index (χ2n) is 4.85. The van der Waals surface area contributed by atoms with Gasteiger partial charge in [0.05, 0.1) is 12.3 Å². The van der Waals surface area contributed by atoms with E-state index in [4.69, 9.17) is 0 Å². The van der Waals surface area contributed by atoms with Gasteiger partial charge in [0.15, 0.2) is 0 Å². The Morgan fingerprint density at radius 1 is 1.27 bits per heavy atom. The van der Waals surface area contributed by atoms with Crippen molar-refractivity contribution in [1.82, 2.24) is 14.7 Å². The topological polar surface area (TPSA) is 66.6 Å². The minimum Gasteiger partial charge on any atom is -0.387 e. The van der Waals surface area contributed by atoms with Crippen LogP contribution in [0, 0.1) is 5.82 Å². The number of pyridine rings is 1. The van der Waals surface area contributed by atoms with Crippen LogP contribution in [0.5, 0.6) is 0 Å². The minimum absolute atomic E-state index is 0.0323. The molecular weight excluding hydrogens is 285 g/mol. The molecule has 0 aliphatic heterocycles. The highest BCUT2D eigenvalue weighted by Crippen LogP contribution is 2.13. The number of hydrogen-bond acceptors (Lipinski definition) is 3. The maximum absolute atomic E-state index is 12.8. The normalized spacial score (nSPS) is 12.3. The minimum atomic E-state index is -0.899. The van der Waals surface area contributed by atoms with Crippen LogP contribution in [-0.2, 0) is 0 Å². The summed E-state index contributed by atoms with van der Waals surface area (Å²) in [6.45, 7) is 0.0323. The number of aliphatic hydroxyl groups excluding tert-OH is 1. The molecule has 0 fully saturated rings. The van der Waals surface area contributed by atoms with Crippen molar-refractivity contribution in [1.29, 1.82) is 0 Å². The molecule has 2 N–H and O–H groups in total. The summed E-state index contributed by atoms with van der Waals surface area (Å²) >= 11 is 0. The number of amides is 1. The molecule has 2 aromatic heterocycles. The molecule has 22 heavy (non-hydrogen) atoms. The molecule has 6 heteroatoms. The van der Waals surface area contributed by atoms with Crippen molar-refractivity contribution in [3.63, 3.8) is 0 Å². The fourth-order valence-electron chi connectivity index (χ4n) is 2.18. The quantitative estimate of drug-likeness (QED) is 0.773. The summed E-state index contributed by atoms with van der Waals surface area (Å²) in [6.07, 6.45) is 2.33. The number of aliphatic hydroxyl groups is 1. The molecule has 1 amide bonds. The van der Waals surface area contributed by atoms with E-state index in [0.29, 0.717) is 16.9 Å². The van der Waals surface area contributed by atoms with E-state index in [-0.39, 0.29) is 18.3 Å². The Bertz CT molecular complexity index is 799. The van der Waals surface area contributed by atoms with Crippen LogP contribution < -0.4 is 5.32 Å². The number of nitrogens with zero attached hydrogens (tertiary/aromatic N) is 2. The lowest BCUT2D eigenvalue weighted by Gasteiger charge is -2.12. The lowest BCUT2D eigenvalue weighted by Crippen LogP contribution is -2.29. The van der Waals surface area contributed by atoms with Gasteiger partial charge in [-0.15, -0.1) is 0 Å². The van der Waals surface area contributed by atoms with Crippen molar-refractivity contribution in [2.45, 2.75) is 6.10 Å². The summed E-state index contributed by atoms with van der Waals surface area (Å²) in [5, 5.41) is 12.7. The van der Waals surface area contributed by atoms with E-state index in [1.54, 1.807) is 22.7 Å². The van der Waals surface area contributed by atoms with E-state index in [9.17, 15) is 14.3 Å². The fourth-order valence-corrected chi connectivity index (χ4v) is 2.18. The second kappa shape index (κ2) is 5.95. The molecule has 2 heterocycles. The van der Waals surface area contributed by atoms with Gasteiger partial charge in [0.2, 0.25) is 0 Å². The molecule has 112 valence electrons. The average molecular weight is 299 g/mol. The first-order valence-corrected chi connectivity index (χ1v) is 6.79. The standard InChI is InChI=1S/C16H14FN3O2/c17-12-6-4-11(5-7-12)14(21)10-19-16(22)13-9-18-15-3-1-2-8-20(13)15/h1-9,14,21H,10H2,(H,19,22). The van der Waals surface area contributed by atoms with Gasteiger partial charge in [0.1, 0.15) is 17.2 Å². The Labute approximate surface area is 126 Å². The highest BCUT2D eigenvalue weighted by molar-refractivity contribution is 5.93. The molecule has 0 aliphatic carbocycles. The molecule has 0 spiro atoms. The third-order valence-corrected chi connectivity index (χ3v) is 3.36. The summed E-state index contributed by atoms with van der Waals surface area (Å²) in [4.78, 5) is 16.3. The first-order chi connectivity index (χ1) is 10.6. The van der Waals surface area contributed by atoms with Crippen LogP contribution in [0.4, 0.5) is 4.39 Å². The van der Waals surface area contributed by atoms with Crippen molar-refractivity contribution < 1.29 is 14.3 Å². The average Bonchev–Trinajstić information content (AvgIpc) is 2.97. The van der Waals surface area contributed by atoms with Crippen molar-refractivity contribution in [2.75, 3.05) is 6.54 Å². The molecule has 0 saturated heterocycles. The van der Waals surface area contributed by atoms with Crippen LogP contribution in [-0.4, -0.2) is 26.9 Å². The molecule has 1 atom stereocenters. The highest BCUT2D eigenvalue weighted by atomic mass is 19.1. The molecule has 0 aliphatic rings. The SMILES string of the molecule is O=C(NCC(O)c1ccc(F)cc1)c1cnc2ccccn12. The summed E-state index contributed by atoms with van der Waals surface area (Å²) in [5.74, 6) is -0.703. The van der Waals surface area contributed by atoms with Crippen LogP contribution >= 0.6 is 0 Å². The summed E-state index contributed by atoms with van der Waals surface area (Å²) in [6, 6.07) is 10.9. The number of carbonyl (C=O) groups excluding carboxylic acids is 1. The van der Waals surface area contributed by atoms with Crippen molar-refractivity contribution >= 4 is 11.6 Å². The van der Waals surface area contributed by atoms with E-state index in [1.807, 2.05) is 6.07 Å². The lowest BCUT2D eigenvalue weighted by atomic mass is 10.1. The number of rotatable bonds is 4. The van der Waals surface area contributed by atoms with Crippen LogP contribution in [0.25, 0.3) is 5.65 Å². The van der Waals surface area contributed by atoms with Gasteiger partial charge in [-0.25, -0.2) is 9.37 Å². The molecule has 0 saturated carbocycles. The summed E-state index contributed by atoms with van der Waals surface area (Å²) in [7, 11) is 0. The predicted molar refractivity (Wildman–Crippen MR) is 78.9 cm³/mol. The third-order valence-electron chi connectivity index (χ3n) is 3.36. The number of hydrogen-bond donors (Lipinski definition) is 2. The van der Waals surface area contributed by atoms with Crippen LogP contribution in [0.3, 0.4) is 0 Å². The maximum Gasteiger partial charge on any atom is 0.270 e. The van der Waals surface area contributed by atoms with Gasteiger partial charge in [-0.05, 0) is 29.8 Å². The fraction of sp³-hybridized carbons (Fsp3) is 0.125. The zero-order chi connectivity index (χ0) is 15.5. The number of imidazole rings is 1. The van der Waals surface area contributed by atoms with Gasteiger partial charge < -0.3 is 10.4 Å². The van der Waals surface area contributed by atoms with Crippen LogP contribution in [0.2, 0.25) is 0 Å². The molecule has 1 aromatic carbocycles. The molecule has 3 rings (SSSR count). The molecule has 1 unspecified atom stereocenters. The third kappa shape index (κ3) is 2.82. The maximum atomic E-state index is 12.8. The summed E-state index contributed by atoms with van der Waals surface area (Å²) < 4.78 is 14.5. The number of halogens is 1. The van der Waals surface area contributed by atoms with Gasteiger partial charge in [0.25, 0.3) is 5.91 Å². The van der Waals surface area contributed by atoms with Gasteiger partial charge in [-0.3, -0.25) is 9.20 Å². The van der Waals surface area contributed by atoms with E-state index in [0.717, 1.165) is 0 Å².